The van der Waals surface area contributed by atoms with Crippen molar-refractivity contribution in [1.82, 2.24) is 0 Å². The Hall–Kier alpha value is -2.49. The number of carboxylic acids is 1. The largest absolute Gasteiger partial charge is 0.481 e. The first-order valence-electron chi connectivity index (χ1n) is 12.4. The van der Waals surface area contributed by atoms with Crippen LogP contribution in [-0.4, -0.2) is 48.3 Å². The van der Waals surface area contributed by atoms with E-state index in [4.69, 9.17) is 17.0 Å². The summed E-state index contributed by atoms with van der Waals surface area (Å²) in [5, 5.41) is 16.8. The monoisotopic (exact) mass is 513 g/mol. The zero-order valence-corrected chi connectivity index (χ0v) is 21.3. The molecule has 1 amide bonds. The van der Waals surface area contributed by atoms with Crippen LogP contribution in [0.15, 0.2) is 24.3 Å². The standard InChI is InChI=1S/C26H31N3O4S2/c30-23(27-16-8-10-17(11-9-16)29-12-14-33-15-13-29)22-20-6-3-7-21(20)35-25(22)28-24(34)18-4-1-2-5-19(18)26(31)32/h8-11,18-19H,1-7,12-15H2,(H,27,30)(H,28,34)(H,31,32). The van der Waals surface area contributed by atoms with Crippen LogP contribution in [0.3, 0.4) is 0 Å². The highest BCUT2D eigenvalue weighted by Crippen LogP contribution is 2.41. The highest BCUT2D eigenvalue weighted by atomic mass is 32.1. The number of aryl methyl sites for hydroxylation is 1. The van der Waals surface area contributed by atoms with Gasteiger partial charge in [0.1, 0.15) is 5.00 Å². The number of carboxylic acid groups (broad SMARTS) is 1. The zero-order chi connectivity index (χ0) is 24.4. The van der Waals surface area contributed by atoms with E-state index in [1.807, 2.05) is 24.3 Å². The number of morpholine rings is 1. The predicted molar refractivity (Wildman–Crippen MR) is 143 cm³/mol. The van der Waals surface area contributed by atoms with Gasteiger partial charge in [-0.2, -0.15) is 0 Å². The van der Waals surface area contributed by atoms with Crippen LogP contribution >= 0.6 is 23.6 Å². The Bertz CT molecular complexity index is 1110. The number of benzene rings is 1. The Morgan fingerprint density at radius 3 is 2.43 bits per heavy atom. The number of thiocarbonyl (C=S) groups is 1. The molecule has 2 aliphatic carbocycles. The Kier molecular flexibility index (Phi) is 7.36. The molecule has 2 fully saturated rings. The number of carbonyl (C=O) groups is 2. The van der Waals surface area contributed by atoms with Gasteiger partial charge in [0.25, 0.3) is 5.91 Å². The lowest BCUT2D eigenvalue weighted by Gasteiger charge is -2.29. The number of hydrogen-bond donors (Lipinski definition) is 3. The average Bonchev–Trinajstić information content (AvgIpc) is 3.46. The molecule has 5 rings (SSSR count). The smallest absolute Gasteiger partial charge is 0.307 e. The van der Waals surface area contributed by atoms with Crippen molar-refractivity contribution in [3.63, 3.8) is 0 Å². The van der Waals surface area contributed by atoms with Crippen molar-refractivity contribution in [1.29, 1.82) is 0 Å². The molecule has 35 heavy (non-hydrogen) atoms. The number of anilines is 3. The van der Waals surface area contributed by atoms with E-state index in [9.17, 15) is 14.7 Å². The van der Waals surface area contributed by atoms with Gasteiger partial charge in [0.2, 0.25) is 0 Å². The highest BCUT2D eigenvalue weighted by molar-refractivity contribution is 7.80. The molecule has 3 aliphatic rings. The van der Waals surface area contributed by atoms with E-state index >= 15 is 0 Å². The van der Waals surface area contributed by atoms with Crippen LogP contribution in [0.25, 0.3) is 0 Å². The average molecular weight is 514 g/mol. The van der Waals surface area contributed by atoms with Gasteiger partial charge in [-0.3, -0.25) is 9.59 Å². The second kappa shape index (κ2) is 10.6. The summed E-state index contributed by atoms with van der Waals surface area (Å²) in [5.41, 5.74) is 3.62. The summed E-state index contributed by atoms with van der Waals surface area (Å²) in [5.74, 6) is -1.59. The minimum absolute atomic E-state index is 0.146. The number of rotatable bonds is 6. The number of amides is 1. The fraction of sp³-hybridized carbons (Fsp3) is 0.500. The third-order valence-electron chi connectivity index (χ3n) is 7.31. The van der Waals surface area contributed by atoms with E-state index in [2.05, 4.69) is 15.5 Å². The molecule has 0 spiro atoms. The molecule has 1 saturated heterocycles. The van der Waals surface area contributed by atoms with Crippen molar-refractivity contribution in [3.05, 3.63) is 40.3 Å². The molecule has 1 aromatic carbocycles. The number of thiophene rings is 1. The maximum atomic E-state index is 13.5. The van der Waals surface area contributed by atoms with Crippen molar-refractivity contribution < 1.29 is 19.4 Å². The lowest BCUT2D eigenvalue weighted by Crippen LogP contribution is -2.36. The normalized spacial score (nSPS) is 21.9. The summed E-state index contributed by atoms with van der Waals surface area (Å²) in [6, 6.07) is 7.93. The Labute approximate surface area is 214 Å². The number of aliphatic carboxylic acids is 1. The molecule has 1 saturated carbocycles. The summed E-state index contributed by atoms with van der Waals surface area (Å²) < 4.78 is 5.43. The highest BCUT2D eigenvalue weighted by Gasteiger charge is 2.35. The summed E-state index contributed by atoms with van der Waals surface area (Å²) in [7, 11) is 0. The molecule has 7 nitrogen and oxygen atoms in total. The first-order chi connectivity index (χ1) is 17.0. The van der Waals surface area contributed by atoms with Crippen LogP contribution in [0, 0.1) is 11.8 Å². The van der Waals surface area contributed by atoms with Crippen LogP contribution in [0.2, 0.25) is 0 Å². The van der Waals surface area contributed by atoms with Gasteiger partial charge in [-0.1, -0.05) is 25.1 Å². The van der Waals surface area contributed by atoms with Crippen LogP contribution < -0.4 is 15.5 Å². The maximum Gasteiger partial charge on any atom is 0.307 e. The van der Waals surface area contributed by atoms with Gasteiger partial charge in [-0.25, -0.2) is 0 Å². The van der Waals surface area contributed by atoms with Crippen LogP contribution in [-0.2, 0) is 22.4 Å². The third kappa shape index (κ3) is 5.22. The van der Waals surface area contributed by atoms with Gasteiger partial charge in [0.05, 0.1) is 29.7 Å². The fourth-order valence-electron chi connectivity index (χ4n) is 5.45. The fourth-order valence-corrected chi connectivity index (χ4v) is 7.20. The first-order valence-corrected chi connectivity index (χ1v) is 13.7. The molecule has 0 radical (unpaired) electrons. The molecule has 9 heteroatoms. The van der Waals surface area contributed by atoms with Gasteiger partial charge >= 0.3 is 5.97 Å². The Morgan fingerprint density at radius 2 is 1.71 bits per heavy atom. The number of hydrogen-bond acceptors (Lipinski definition) is 6. The van der Waals surface area contributed by atoms with E-state index in [-0.39, 0.29) is 11.8 Å². The minimum Gasteiger partial charge on any atom is -0.481 e. The number of carbonyl (C=O) groups excluding carboxylic acids is 1. The minimum atomic E-state index is -0.786. The summed E-state index contributed by atoms with van der Waals surface area (Å²) in [6.07, 6.45) is 6.20. The zero-order valence-electron chi connectivity index (χ0n) is 19.7. The van der Waals surface area contributed by atoms with Gasteiger partial charge in [-0.05, 0) is 61.9 Å². The molecule has 2 heterocycles. The molecule has 3 N–H and O–H groups in total. The van der Waals surface area contributed by atoms with Gasteiger partial charge in [0.15, 0.2) is 0 Å². The molecular formula is C26H31N3O4S2. The lowest BCUT2D eigenvalue weighted by atomic mass is 9.79. The van der Waals surface area contributed by atoms with Crippen molar-refractivity contribution in [3.8, 4) is 0 Å². The molecule has 1 aliphatic heterocycles. The lowest BCUT2D eigenvalue weighted by molar-refractivity contribution is -0.143. The van der Waals surface area contributed by atoms with Crippen LogP contribution in [0.1, 0.15) is 52.9 Å². The quantitative estimate of drug-likeness (QED) is 0.471. The Morgan fingerprint density at radius 1 is 1.00 bits per heavy atom. The molecule has 2 unspecified atom stereocenters. The van der Waals surface area contributed by atoms with Crippen LogP contribution in [0.4, 0.5) is 16.4 Å². The predicted octanol–water partition coefficient (Wildman–Crippen LogP) is 4.96. The van der Waals surface area contributed by atoms with E-state index in [0.29, 0.717) is 17.0 Å². The van der Waals surface area contributed by atoms with E-state index in [1.165, 1.54) is 4.88 Å². The molecule has 186 valence electrons. The van der Waals surface area contributed by atoms with Gasteiger partial charge in [-0.15, -0.1) is 11.3 Å². The van der Waals surface area contributed by atoms with Gasteiger partial charge < -0.3 is 25.4 Å². The van der Waals surface area contributed by atoms with Crippen molar-refractivity contribution in [2.75, 3.05) is 41.8 Å². The summed E-state index contributed by atoms with van der Waals surface area (Å²) in [6.45, 7) is 3.19. The van der Waals surface area contributed by atoms with E-state index in [0.717, 1.165) is 86.8 Å². The first kappa shape index (κ1) is 24.2. The topological polar surface area (TPSA) is 90.9 Å². The maximum absolute atomic E-state index is 13.5. The summed E-state index contributed by atoms with van der Waals surface area (Å²) >= 11 is 7.28. The molecule has 2 atom stereocenters. The molecule has 1 aromatic heterocycles. The van der Waals surface area contributed by atoms with E-state index < -0.39 is 11.9 Å². The van der Waals surface area contributed by atoms with Crippen LogP contribution in [0.5, 0.6) is 0 Å². The van der Waals surface area contributed by atoms with Crippen molar-refractivity contribution in [2.24, 2.45) is 11.8 Å². The second-order valence-electron chi connectivity index (χ2n) is 9.49. The van der Waals surface area contributed by atoms with Crippen molar-refractivity contribution >= 4 is 56.8 Å². The van der Waals surface area contributed by atoms with Gasteiger partial charge in [0, 0.05) is 35.3 Å². The molecule has 0 bridgehead atoms. The number of nitrogens with zero attached hydrogens (tertiary/aromatic N) is 1. The summed E-state index contributed by atoms with van der Waals surface area (Å²) in [4.78, 5) is 29.3. The van der Waals surface area contributed by atoms with Crippen molar-refractivity contribution in [2.45, 2.75) is 44.9 Å². The number of fused-ring (bicyclic) bond motifs is 1. The van der Waals surface area contributed by atoms with E-state index in [1.54, 1.807) is 11.3 Å². The molecular weight excluding hydrogens is 482 g/mol. The number of nitrogens with one attached hydrogen (secondary N) is 2. The number of ether oxygens (including phenoxy) is 1. The third-order valence-corrected chi connectivity index (χ3v) is 8.92. The molecule has 2 aromatic rings. The SMILES string of the molecule is O=C(Nc1ccc(N2CCOCC2)cc1)c1c(NC(=S)C2CCCCC2C(=O)O)sc2c1CCC2. The second-order valence-corrected chi connectivity index (χ2v) is 11.0. The Balaban J connectivity index is 1.32.